The van der Waals surface area contributed by atoms with Crippen molar-refractivity contribution in [1.29, 1.82) is 0 Å². The van der Waals surface area contributed by atoms with Gasteiger partial charge in [0.15, 0.2) is 0 Å². The average Bonchev–Trinajstić information content (AvgIpc) is 2.87. The summed E-state index contributed by atoms with van der Waals surface area (Å²) in [5.74, 6) is -3.94. The number of hydrogen-bond donors (Lipinski definition) is 0. The van der Waals surface area contributed by atoms with Crippen molar-refractivity contribution in [3.8, 4) is 0 Å². The molecule has 14 heteroatoms. The van der Waals surface area contributed by atoms with E-state index in [0.29, 0.717) is 0 Å². The van der Waals surface area contributed by atoms with E-state index >= 15 is 0 Å². The van der Waals surface area contributed by atoms with Crippen molar-refractivity contribution in [3.63, 3.8) is 0 Å². The van der Waals surface area contributed by atoms with Gasteiger partial charge in [-0.05, 0) is 20.3 Å². The molecule has 0 spiro atoms. The van der Waals surface area contributed by atoms with E-state index < -0.39 is 67.4 Å². The third-order valence-electron chi connectivity index (χ3n) is 4.23. The molecule has 0 saturated carbocycles. The normalized spacial score (nSPS) is 28.9. The van der Waals surface area contributed by atoms with Crippen molar-refractivity contribution < 1.29 is 62.2 Å². The lowest BCUT2D eigenvalue weighted by Crippen LogP contribution is -2.67. The Balaban J connectivity index is 3.54. The number of ether oxygens (including phenoxy) is 2. The summed E-state index contributed by atoms with van der Waals surface area (Å²) in [6, 6.07) is 0. The van der Waals surface area contributed by atoms with Crippen molar-refractivity contribution >= 4 is 0 Å². The fraction of sp³-hybridized carbons (Fsp3) is 1.00. The van der Waals surface area contributed by atoms with Crippen LogP contribution in [-0.4, -0.2) is 54.5 Å². The molecule has 0 amide bonds. The standard InChI is InChI=1S/C13H14F12O2/c1-3-26-8(9(15,6(2)14)11(17,18)19)5-4-7(27-8)10(16,12(20,21)22)13(23,24)25/h6-7H,3-5H2,1-2H3. The molecule has 1 heterocycles. The maximum absolute atomic E-state index is 14.7. The molecule has 0 radical (unpaired) electrons. The summed E-state index contributed by atoms with van der Waals surface area (Å²) in [6.45, 7) is 0.0357. The zero-order chi connectivity index (χ0) is 21.7. The van der Waals surface area contributed by atoms with E-state index in [-0.39, 0.29) is 6.92 Å². The first-order valence-corrected chi connectivity index (χ1v) is 7.35. The molecule has 27 heavy (non-hydrogen) atoms. The Morgan fingerprint density at radius 3 is 1.67 bits per heavy atom. The van der Waals surface area contributed by atoms with Crippen LogP contribution in [0.15, 0.2) is 0 Å². The van der Waals surface area contributed by atoms with Gasteiger partial charge in [-0.2, -0.15) is 39.5 Å². The number of hydrogen-bond acceptors (Lipinski definition) is 2. The Kier molecular flexibility index (Phi) is 6.12. The molecule has 4 atom stereocenters. The predicted molar refractivity (Wildman–Crippen MR) is 64.9 cm³/mol. The summed E-state index contributed by atoms with van der Waals surface area (Å²) >= 11 is 0. The van der Waals surface area contributed by atoms with E-state index in [4.69, 9.17) is 0 Å². The van der Waals surface area contributed by atoms with E-state index in [0.717, 1.165) is 6.92 Å². The molecule has 2 nitrogen and oxygen atoms in total. The molecular weight excluding hydrogens is 416 g/mol. The minimum Gasteiger partial charge on any atom is -0.347 e. The zero-order valence-corrected chi connectivity index (χ0v) is 13.6. The van der Waals surface area contributed by atoms with Gasteiger partial charge in [0, 0.05) is 13.0 Å². The predicted octanol–water partition coefficient (Wildman–Crippen LogP) is 5.36. The molecule has 0 aromatic carbocycles. The van der Waals surface area contributed by atoms with E-state index in [9.17, 15) is 52.7 Å². The van der Waals surface area contributed by atoms with Crippen LogP contribution in [0.3, 0.4) is 0 Å². The summed E-state index contributed by atoms with van der Waals surface area (Å²) < 4.78 is 167. The van der Waals surface area contributed by atoms with Crippen LogP contribution in [0, 0.1) is 0 Å². The van der Waals surface area contributed by atoms with Crippen LogP contribution < -0.4 is 0 Å². The lowest BCUT2D eigenvalue weighted by Gasteiger charge is -2.44. The molecule has 1 saturated heterocycles. The first kappa shape index (κ1) is 24.1. The smallest absolute Gasteiger partial charge is 0.347 e. The topological polar surface area (TPSA) is 18.5 Å². The summed E-state index contributed by atoms with van der Waals surface area (Å²) in [7, 11) is 0. The van der Waals surface area contributed by atoms with Gasteiger partial charge in [0.05, 0.1) is 0 Å². The maximum atomic E-state index is 14.7. The highest BCUT2D eigenvalue weighted by atomic mass is 19.4. The number of alkyl halides is 12. The Morgan fingerprint density at radius 1 is 0.926 bits per heavy atom. The van der Waals surface area contributed by atoms with E-state index in [2.05, 4.69) is 9.47 Å². The van der Waals surface area contributed by atoms with Crippen LogP contribution in [0.2, 0.25) is 0 Å². The Hall–Kier alpha value is -0.920. The van der Waals surface area contributed by atoms with Gasteiger partial charge < -0.3 is 9.47 Å². The Morgan fingerprint density at radius 2 is 1.37 bits per heavy atom. The second kappa shape index (κ2) is 6.85. The van der Waals surface area contributed by atoms with Crippen molar-refractivity contribution in [2.45, 2.75) is 74.6 Å². The van der Waals surface area contributed by atoms with Gasteiger partial charge in [0.25, 0.3) is 5.67 Å². The lowest BCUT2D eigenvalue weighted by atomic mass is 9.86. The van der Waals surface area contributed by atoms with Crippen molar-refractivity contribution in [2.75, 3.05) is 6.61 Å². The fourth-order valence-corrected chi connectivity index (χ4v) is 2.93. The largest absolute Gasteiger partial charge is 0.434 e. The van der Waals surface area contributed by atoms with Crippen LogP contribution in [0.25, 0.3) is 0 Å². The summed E-state index contributed by atoms with van der Waals surface area (Å²) in [5.41, 5.74) is -11.3. The molecule has 0 aromatic heterocycles. The Bertz CT molecular complexity index is 511. The van der Waals surface area contributed by atoms with E-state index in [1.54, 1.807) is 0 Å². The summed E-state index contributed by atoms with van der Waals surface area (Å²) in [5, 5.41) is 0. The molecule has 1 fully saturated rings. The lowest BCUT2D eigenvalue weighted by molar-refractivity contribution is -0.410. The monoisotopic (exact) mass is 430 g/mol. The SMILES string of the molecule is CCOC1(C(F)(C(C)F)C(F)(F)F)CCC(C(F)(C(F)(F)F)C(F)(F)F)O1. The quantitative estimate of drug-likeness (QED) is 0.547. The highest BCUT2D eigenvalue weighted by Crippen LogP contribution is 2.58. The van der Waals surface area contributed by atoms with Gasteiger partial charge in [-0.1, -0.05) is 0 Å². The van der Waals surface area contributed by atoms with E-state index in [1.165, 1.54) is 0 Å². The first-order chi connectivity index (χ1) is 11.8. The minimum absolute atomic E-state index is 0.0289. The molecule has 4 unspecified atom stereocenters. The molecule has 1 aliphatic rings. The van der Waals surface area contributed by atoms with Gasteiger partial charge >= 0.3 is 24.2 Å². The maximum Gasteiger partial charge on any atom is 0.434 e. The van der Waals surface area contributed by atoms with Crippen LogP contribution in [0.5, 0.6) is 0 Å². The van der Waals surface area contributed by atoms with Gasteiger partial charge in [-0.25, -0.2) is 13.2 Å². The molecule has 0 aliphatic carbocycles. The van der Waals surface area contributed by atoms with Crippen LogP contribution in [0.1, 0.15) is 26.7 Å². The number of halogens is 12. The third kappa shape index (κ3) is 3.47. The van der Waals surface area contributed by atoms with Gasteiger partial charge in [-0.3, -0.25) is 0 Å². The summed E-state index contributed by atoms with van der Waals surface area (Å²) in [4.78, 5) is 0. The third-order valence-corrected chi connectivity index (χ3v) is 4.23. The van der Waals surface area contributed by atoms with E-state index in [1.807, 2.05) is 0 Å². The molecular formula is C13H14F12O2. The fourth-order valence-electron chi connectivity index (χ4n) is 2.93. The van der Waals surface area contributed by atoms with Crippen LogP contribution >= 0.6 is 0 Å². The molecule has 1 rings (SSSR count). The Labute approximate surface area is 144 Å². The zero-order valence-electron chi connectivity index (χ0n) is 13.6. The number of rotatable bonds is 5. The van der Waals surface area contributed by atoms with Crippen LogP contribution in [-0.2, 0) is 9.47 Å². The molecule has 1 aliphatic heterocycles. The molecule has 0 N–H and O–H groups in total. The highest BCUT2D eigenvalue weighted by Gasteiger charge is 2.82. The van der Waals surface area contributed by atoms with Crippen molar-refractivity contribution in [3.05, 3.63) is 0 Å². The molecule has 162 valence electrons. The highest BCUT2D eigenvalue weighted by molar-refractivity contribution is 5.12. The van der Waals surface area contributed by atoms with Crippen LogP contribution in [0.4, 0.5) is 52.7 Å². The van der Waals surface area contributed by atoms with Gasteiger partial charge in [0.1, 0.15) is 12.3 Å². The second-order valence-electron chi connectivity index (χ2n) is 5.86. The summed E-state index contributed by atoms with van der Waals surface area (Å²) in [6.07, 6.45) is -29.9. The first-order valence-electron chi connectivity index (χ1n) is 7.35. The van der Waals surface area contributed by atoms with Crippen molar-refractivity contribution in [1.82, 2.24) is 0 Å². The van der Waals surface area contributed by atoms with Crippen molar-refractivity contribution in [2.24, 2.45) is 0 Å². The molecule has 0 aromatic rings. The average molecular weight is 430 g/mol. The van der Waals surface area contributed by atoms with Gasteiger partial charge in [0.2, 0.25) is 5.79 Å². The molecule has 0 bridgehead atoms. The minimum atomic E-state index is -6.66. The van der Waals surface area contributed by atoms with Gasteiger partial charge in [-0.15, -0.1) is 0 Å². The second-order valence-corrected chi connectivity index (χ2v) is 5.86.